The summed E-state index contributed by atoms with van der Waals surface area (Å²) in [4.78, 5) is 26.5. The van der Waals surface area contributed by atoms with Gasteiger partial charge in [-0.25, -0.2) is 9.59 Å². The Bertz CT molecular complexity index is 695. The van der Waals surface area contributed by atoms with Gasteiger partial charge in [-0.1, -0.05) is 23.3 Å². The van der Waals surface area contributed by atoms with Crippen LogP contribution in [0.1, 0.15) is 45.6 Å². The SMILES string of the molecule is Cc1ccccc1NC(=O)NCCCC[C@@H](CN=[N+]=[N-])NC(=O)OC(C)(C)C. The van der Waals surface area contributed by atoms with E-state index in [0.29, 0.717) is 13.0 Å². The summed E-state index contributed by atoms with van der Waals surface area (Å²) < 4.78 is 5.22. The molecule has 0 saturated carbocycles. The van der Waals surface area contributed by atoms with Crippen LogP contribution in [0.15, 0.2) is 29.4 Å². The lowest BCUT2D eigenvalue weighted by Gasteiger charge is -2.23. The molecule has 0 radical (unpaired) electrons. The summed E-state index contributed by atoms with van der Waals surface area (Å²) in [6.07, 6.45) is 1.54. The number of hydrogen-bond donors (Lipinski definition) is 3. The molecule has 0 unspecified atom stereocenters. The minimum absolute atomic E-state index is 0.150. The largest absolute Gasteiger partial charge is 0.444 e. The second kappa shape index (κ2) is 11.7. The van der Waals surface area contributed by atoms with Gasteiger partial charge in [0.15, 0.2) is 0 Å². The summed E-state index contributed by atoms with van der Waals surface area (Å²) in [5.74, 6) is 0. The molecule has 3 amide bonds. The number of aryl methyl sites for hydroxylation is 1. The molecule has 0 aliphatic carbocycles. The average molecular weight is 390 g/mol. The van der Waals surface area contributed by atoms with Crippen LogP contribution in [0.25, 0.3) is 10.4 Å². The van der Waals surface area contributed by atoms with Crippen molar-refractivity contribution in [2.75, 3.05) is 18.4 Å². The number of carbonyl (C=O) groups excluding carboxylic acids is 2. The maximum absolute atomic E-state index is 11.9. The minimum Gasteiger partial charge on any atom is -0.444 e. The number of amides is 3. The van der Waals surface area contributed by atoms with Crippen molar-refractivity contribution in [3.05, 3.63) is 40.3 Å². The molecule has 154 valence electrons. The zero-order valence-corrected chi connectivity index (χ0v) is 17.0. The number of hydrogen-bond acceptors (Lipinski definition) is 4. The number of anilines is 1. The van der Waals surface area contributed by atoms with Gasteiger partial charge in [-0.05, 0) is 64.1 Å². The number of ether oxygens (including phenoxy) is 1. The second-order valence-electron chi connectivity index (χ2n) is 7.45. The quantitative estimate of drug-likeness (QED) is 0.249. The van der Waals surface area contributed by atoms with Gasteiger partial charge in [0.1, 0.15) is 5.60 Å². The molecule has 1 aromatic rings. The molecule has 0 aliphatic rings. The van der Waals surface area contributed by atoms with Gasteiger partial charge in [0.2, 0.25) is 0 Å². The number of nitrogens with one attached hydrogen (secondary N) is 3. The molecule has 0 spiro atoms. The lowest BCUT2D eigenvalue weighted by atomic mass is 10.1. The van der Waals surface area contributed by atoms with E-state index in [4.69, 9.17) is 10.3 Å². The van der Waals surface area contributed by atoms with E-state index in [-0.39, 0.29) is 18.6 Å². The highest BCUT2D eigenvalue weighted by Crippen LogP contribution is 2.12. The molecule has 1 rings (SSSR count). The third kappa shape index (κ3) is 10.3. The van der Waals surface area contributed by atoms with Gasteiger partial charge in [0.05, 0.1) is 0 Å². The molecule has 0 bridgehead atoms. The Morgan fingerprint density at radius 3 is 2.61 bits per heavy atom. The Labute approximate surface area is 165 Å². The van der Waals surface area contributed by atoms with Gasteiger partial charge >= 0.3 is 12.1 Å². The maximum atomic E-state index is 11.9. The number of alkyl carbamates (subject to hydrolysis) is 1. The first-order chi connectivity index (χ1) is 13.2. The topological polar surface area (TPSA) is 128 Å². The predicted molar refractivity (Wildman–Crippen MR) is 109 cm³/mol. The number of carbonyl (C=O) groups is 2. The summed E-state index contributed by atoms with van der Waals surface area (Å²) in [5, 5.41) is 11.9. The number of urea groups is 1. The van der Waals surface area contributed by atoms with Crippen molar-refractivity contribution in [3.63, 3.8) is 0 Å². The summed E-state index contributed by atoms with van der Waals surface area (Å²) in [6.45, 7) is 7.92. The summed E-state index contributed by atoms with van der Waals surface area (Å²) in [6, 6.07) is 6.98. The van der Waals surface area contributed by atoms with Crippen molar-refractivity contribution < 1.29 is 14.3 Å². The number of nitrogens with zero attached hydrogens (tertiary/aromatic N) is 3. The zero-order chi connectivity index (χ0) is 21.0. The van der Waals surface area contributed by atoms with Gasteiger partial charge in [0, 0.05) is 29.7 Å². The van der Waals surface area contributed by atoms with Crippen molar-refractivity contribution >= 4 is 17.8 Å². The smallest absolute Gasteiger partial charge is 0.407 e. The number of rotatable bonds is 9. The highest BCUT2D eigenvalue weighted by atomic mass is 16.6. The number of benzene rings is 1. The Balaban J connectivity index is 2.33. The van der Waals surface area contributed by atoms with E-state index >= 15 is 0 Å². The van der Waals surface area contributed by atoms with Gasteiger partial charge in [-0.3, -0.25) is 0 Å². The third-order valence-electron chi connectivity index (χ3n) is 3.74. The Hall–Kier alpha value is -2.93. The Morgan fingerprint density at radius 1 is 1.25 bits per heavy atom. The van der Waals surface area contributed by atoms with Crippen molar-refractivity contribution in [2.45, 2.75) is 58.6 Å². The molecule has 3 N–H and O–H groups in total. The number of para-hydroxylation sites is 1. The molecule has 1 aromatic carbocycles. The molecule has 28 heavy (non-hydrogen) atoms. The van der Waals surface area contributed by atoms with E-state index in [1.165, 1.54) is 0 Å². The third-order valence-corrected chi connectivity index (χ3v) is 3.74. The molecule has 0 aromatic heterocycles. The van der Waals surface area contributed by atoms with E-state index < -0.39 is 11.7 Å². The first-order valence-corrected chi connectivity index (χ1v) is 9.32. The normalized spacial score (nSPS) is 11.7. The highest BCUT2D eigenvalue weighted by Gasteiger charge is 2.19. The zero-order valence-electron chi connectivity index (χ0n) is 17.0. The van der Waals surface area contributed by atoms with Crippen LogP contribution in [-0.4, -0.2) is 36.9 Å². The monoisotopic (exact) mass is 390 g/mol. The van der Waals surface area contributed by atoms with Gasteiger partial charge in [-0.15, -0.1) is 0 Å². The summed E-state index contributed by atoms with van der Waals surface area (Å²) in [5.41, 5.74) is 9.68. The first kappa shape index (κ1) is 23.1. The van der Waals surface area contributed by atoms with Crippen molar-refractivity contribution in [1.29, 1.82) is 0 Å². The number of azide groups is 1. The molecule has 1 atom stereocenters. The standard InChI is InChI=1S/C19H30N6O3/c1-14-9-5-6-11-16(14)24-17(26)21-12-8-7-10-15(13-22-25-20)23-18(27)28-19(2,3)4/h5-6,9,11,15H,7-8,10,12-13H2,1-4H3,(H,23,27)(H2,21,24,26)/t15-/m0/s1. The highest BCUT2D eigenvalue weighted by molar-refractivity contribution is 5.89. The molecule has 0 fully saturated rings. The average Bonchev–Trinajstić information content (AvgIpc) is 2.59. The Morgan fingerprint density at radius 2 is 1.96 bits per heavy atom. The summed E-state index contributed by atoms with van der Waals surface area (Å²) in [7, 11) is 0. The second-order valence-corrected chi connectivity index (χ2v) is 7.45. The molecular weight excluding hydrogens is 360 g/mol. The fraction of sp³-hybridized carbons (Fsp3) is 0.579. The van der Waals surface area contributed by atoms with E-state index in [1.54, 1.807) is 20.8 Å². The predicted octanol–water partition coefficient (Wildman–Crippen LogP) is 4.49. The van der Waals surface area contributed by atoms with Crippen LogP contribution in [0.2, 0.25) is 0 Å². The first-order valence-electron chi connectivity index (χ1n) is 9.32. The maximum Gasteiger partial charge on any atom is 0.407 e. The van der Waals surface area contributed by atoms with Crippen molar-refractivity contribution in [2.24, 2.45) is 5.11 Å². The van der Waals surface area contributed by atoms with Gasteiger partial charge < -0.3 is 20.7 Å². The number of unbranched alkanes of at least 4 members (excludes halogenated alkanes) is 1. The molecule has 0 heterocycles. The van der Waals surface area contributed by atoms with E-state index in [1.807, 2.05) is 31.2 Å². The molecule has 9 heteroatoms. The lowest BCUT2D eigenvalue weighted by molar-refractivity contribution is 0.0503. The molecule has 0 aliphatic heterocycles. The van der Waals surface area contributed by atoms with Crippen LogP contribution in [0.3, 0.4) is 0 Å². The minimum atomic E-state index is -0.596. The Kier molecular flexibility index (Phi) is 9.67. The van der Waals surface area contributed by atoms with Crippen LogP contribution >= 0.6 is 0 Å². The van der Waals surface area contributed by atoms with Gasteiger partial charge in [0.25, 0.3) is 0 Å². The fourth-order valence-corrected chi connectivity index (χ4v) is 2.42. The fourth-order valence-electron chi connectivity index (χ4n) is 2.42. The summed E-state index contributed by atoms with van der Waals surface area (Å²) >= 11 is 0. The molecular formula is C19H30N6O3. The van der Waals surface area contributed by atoms with Crippen LogP contribution in [-0.2, 0) is 4.74 Å². The van der Waals surface area contributed by atoms with E-state index in [0.717, 1.165) is 24.1 Å². The van der Waals surface area contributed by atoms with Crippen LogP contribution < -0.4 is 16.0 Å². The molecule has 9 nitrogen and oxygen atoms in total. The van der Waals surface area contributed by atoms with E-state index in [2.05, 4.69) is 26.0 Å². The molecule has 0 saturated heterocycles. The van der Waals surface area contributed by atoms with Crippen LogP contribution in [0.5, 0.6) is 0 Å². The van der Waals surface area contributed by atoms with Crippen LogP contribution in [0, 0.1) is 6.92 Å². The van der Waals surface area contributed by atoms with E-state index in [9.17, 15) is 9.59 Å². The van der Waals surface area contributed by atoms with Gasteiger partial charge in [-0.2, -0.15) is 0 Å². The van der Waals surface area contributed by atoms with Crippen molar-refractivity contribution in [3.8, 4) is 0 Å². The lowest BCUT2D eigenvalue weighted by Crippen LogP contribution is -2.40. The van der Waals surface area contributed by atoms with Crippen LogP contribution in [0.4, 0.5) is 15.3 Å². The van der Waals surface area contributed by atoms with Crippen molar-refractivity contribution in [1.82, 2.24) is 10.6 Å².